The van der Waals surface area contributed by atoms with E-state index in [1.807, 2.05) is 26.0 Å². The summed E-state index contributed by atoms with van der Waals surface area (Å²) in [6, 6.07) is 3.85. The van der Waals surface area contributed by atoms with E-state index < -0.39 is 0 Å². The molecule has 0 radical (unpaired) electrons. The fourth-order valence-corrected chi connectivity index (χ4v) is 1.35. The highest BCUT2D eigenvalue weighted by Crippen LogP contribution is 2.20. The molecule has 0 fully saturated rings. The molecule has 0 unspecified atom stereocenters. The smallest absolute Gasteiger partial charge is 0.104 e. The Morgan fingerprint density at radius 2 is 2.08 bits per heavy atom. The summed E-state index contributed by atoms with van der Waals surface area (Å²) in [6.07, 6.45) is 0. The highest BCUT2D eigenvalue weighted by atomic mass is 14.9. The van der Waals surface area contributed by atoms with E-state index >= 15 is 0 Å². The third kappa shape index (κ3) is 0.863. The maximum absolute atomic E-state index is 5.74. The quantitative estimate of drug-likeness (QED) is 0.578. The molecule has 0 aliphatic heterocycles. The number of aromatic nitrogens is 2. The molecule has 0 amide bonds. The zero-order valence-corrected chi connectivity index (χ0v) is 7.18. The van der Waals surface area contributed by atoms with Crippen molar-refractivity contribution < 1.29 is 0 Å². The van der Waals surface area contributed by atoms with Crippen LogP contribution in [0.15, 0.2) is 12.1 Å². The van der Waals surface area contributed by atoms with E-state index in [-0.39, 0.29) is 0 Å². The first-order valence-electron chi connectivity index (χ1n) is 3.90. The second-order valence-electron chi connectivity index (χ2n) is 3.00. The van der Waals surface area contributed by atoms with Crippen molar-refractivity contribution in [2.24, 2.45) is 0 Å². The van der Waals surface area contributed by atoms with Gasteiger partial charge in [-0.3, -0.25) is 0 Å². The highest BCUT2D eigenvalue weighted by Gasteiger charge is 2.03. The number of nitrogens with one attached hydrogen (secondary N) is 1. The van der Waals surface area contributed by atoms with E-state index in [2.05, 4.69) is 9.97 Å². The number of hydrogen-bond donors (Lipinski definition) is 2. The summed E-state index contributed by atoms with van der Waals surface area (Å²) in [4.78, 5) is 7.50. The lowest BCUT2D eigenvalue weighted by atomic mass is 10.2. The van der Waals surface area contributed by atoms with Crippen molar-refractivity contribution in [3.63, 3.8) is 0 Å². The van der Waals surface area contributed by atoms with Crippen molar-refractivity contribution in [2.45, 2.75) is 13.8 Å². The third-order valence-electron chi connectivity index (χ3n) is 2.07. The number of nitrogens with zero attached hydrogens (tertiary/aromatic N) is 1. The lowest BCUT2D eigenvalue weighted by molar-refractivity contribution is 1.17. The molecule has 0 bridgehead atoms. The third-order valence-corrected chi connectivity index (χ3v) is 2.07. The van der Waals surface area contributed by atoms with Crippen LogP contribution >= 0.6 is 0 Å². The summed E-state index contributed by atoms with van der Waals surface area (Å²) >= 11 is 0. The SMILES string of the molecule is Cc1nc2c(C)c(N)ccc2[nH]1. The van der Waals surface area contributed by atoms with Crippen LogP contribution in [-0.4, -0.2) is 9.97 Å². The number of aryl methyl sites for hydroxylation is 2. The van der Waals surface area contributed by atoms with Crippen molar-refractivity contribution in [3.8, 4) is 0 Å². The number of imidazole rings is 1. The Kier molecular flexibility index (Phi) is 1.33. The Balaban J connectivity index is 2.89. The lowest BCUT2D eigenvalue weighted by Gasteiger charge is -1.98. The van der Waals surface area contributed by atoms with Gasteiger partial charge >= 0.3 is 0 Å². The molecule has 62 valence electrons. The Morgan fingerprint density at radius 3 is 2.83 bits per heavy atom. The molecule has 1 aromatic carbocycles. The van der Waals surface area contributed by atoms with E-state index in [4.69, 9.17) is 5.73 Å². The molecule has 2 rings (SSSR count). The fourth-order valence-electron chi connectivity index (χ4n) is 1.35. The molecule has 2 aromatic rings. The van der Waals surface area contributed by atoms with Crippen LogP contribution < -0.4 is 5.73 Å². The first kappa shape index (κ1) is 7.16. The molecule has 0 saturated carbocycles. The van der Waals surface area contributed by atoms with E-state index in [1.165, 1.54) is 0 Å². The normalized spacial score (nSPS) is 10.8. The van der Waals surface area contributed by atoms with E-state index in [0.717, 1.165) is 28.1 Å². The van der Waals surface area contributed by atoms with Gasteiger partial charge in [-0.15, -0.1) is 0 Å². The summed E-state index contributed by atoms with van der Waals surface area (Å²) in [5.74, 6) is 0.929. The molecule has 0 saturated heterocycles. The second kappa shape index (κ2) is 2.24. The van der Waals surface area contributed by atoms with Crippen molar-refractivity contribution in [3.05, 3.63) is 23.5 Å². The minimum absolute atomic E-state index is 0.800. The average Bonchev–Trinajstić information content (AvgIpc) is 2.39. The van der Waals surface area contributed by atoms with Crippen LogP contribution in [0.5, 0.6) is 0 Å². The van der Waals surface area contributed by atoms with Gasteiger partial charge in [-0.05, 0) is 31.5 Å². The molecule has 3 nitrogen and oxygen atoms in total. The first-order chi connectivity index (χ1) is 5.68. The molecule has 3 N–H and O–H groups in total. The average molecular weight is 161 g/mol. The Labute approximate surface area is 70.6 Å². The molecule has 0 atom stereocenters. The maximum atomic E-state index is 5.74. The summed E-state index contributed by atoms with van der Waals surface area (Å²) in [6.45, 7) is 3.92. The van der Waals surface area contributed by atoms with Gasteiger partial charge in [-0.1, -0.05) is 0 Å². The first-order valence-corrected chi connectivity index (χ1v) is 3.90. The van der Waals surface area contributed by atoms with Crippen LogP contribution in [0, 0.1) is 13.8 Å². The van der Waals surface area contributed by atoms with Crippen LogP contribution in [-0.2, 0) is 0 Å². The van der Waals surface area contributed by atoms with E-state index in [1.54, 1.807) is 0 Å². The van der Waals surface area contributed by atoms with Gasteiger partial charge in [-0.2, -0.15) is 0 Å². The van der Waals surface area contributed by atoms with Gasteiger partial charge in [0.05, 0.1) is 11.0 Å². The van der Waals surface area contributed by atoms with E-state index in [0.29, 0.717) is 0 Å². The number of nitrogen functional groups attached to an aromatic ring is 1. The van der Waals surface area contributed by atoms with Gasteiger partial charge in [0.2, 0.25) is 0 Å². The van der Waals surface area contributed by atoms with Crippen LogP contribution in [0.4, 0.5) is 5.69 Å². The summed E-state index contributed by atoms with van der Waals surface area (Å²) in [7, 11) is 0. The minimum Gasteiger partial charge on any atom is -0.398 e. The number of nitrogens with two attached hydrogens (primary N) is 1. The highest BCUT2D eigenvalue weighted by molar-refractivity contribution is 5.83. The number of fused-ring (bicyclic) bond motifs is 1. The Morgan fingerprint density at radius 1 is 1.33 bits per heavy atom. The summed E-state index contributed by atoms with van der Waals surface area (Å²) < 4.78 is 0. The molecular formula is C9H11N3. The minimum atomic E-state index is 0.800. The van der Waals surface area contributed by atoms with Crippen LogP contribution in [0.25, 0.3) is 11.0 Å². The van der Waals surface area contributed by atoms with Gasteiger partial charge < -0.3 is 10.7 Å². The standard InChI is InChI=1S/C9H11N3/c1-5-7(10)3-4-8-9(5)12-6(2)11-8/h3-4H,10H2,1-2H3,(H,11,12). The molecule has 0 aliphatic rings. The van der Waals surface area contributed by atoms with Crippen molar-refractivity contribution in [1.82, 2.24) is 9.97 Å². The number of H-pyrrole nitrogens is 1. The van der Waals surface area contributed by atoms with Crippen LogP contribution in [0.2, 0.25) is 0 Å². The number of anilines is 1. The number of hydrogen-bond acceptors (Lipinski definition) is 2. The van der Waals surface area contributed by atoms with Gasteiger partial charge in [0.15, 0.2) is 0 Å². The zero-order valence-electron chi connectivity index (χ0n) is 7.18. The van der Waals surface area contributed by atoms with Crippen molar-refractivity contribution >= 4 is 16.7 Å². The molecule has 3 heteroatoms. The molecule has 1 aromatic heterocycles. The van der Waals surface area contributed by atoms with Gasteiger partial charge in [0.1, 0.15) is 5.82 Å². The number of benzene rings is 1. The van der Waals surface area contributed by atoms with Gasteiger partial charge in [0.25, 0.3) is 0 Å². The topological polar surface area (TPSA) is 54.7 Å². The van der Waals surface area contributed by atoms with Crippen molar-refractivity contribution in [2.75, 3.05) is 5.73 Å². The molecular weight excluding hydrogens is 150 g/mol. The molecule has 0 aliphatic carbocycles. The Hall–Kier alpha value is -1.51. The predicted octanol–water partition coefficient (Wildman–Crippen LogP) is 1.76. The second-order valence-corrected chi connectivity index (χ2v) is 3.00. The lowest BCUT2D eigenvalue weighted by Crippen LogP contribution is -1.89. The number of rotatable bonds is 0. The maximum Gasteiger partial charge on any atom is 0.104 e. The van der Waals surface area contributed by atoms with Gasteiger partial charge in [-0.25, -0.2) is 4.98 Å². The number of aromatic amines is 1. The van der Waals surface area contributed by atoms with Crippen LogP contribution in [0.3, 0.4) is 0 Å². The zero-order chi connectivity index (χ0) is 8.72. The predicted molar refractivity (Wildman–Crippen MR) is 50.0 cm³/mol. The molecule has 1 heterocycles. The molecule has 0 spiro atoms. The monoisotopic (exact) mass is 161 g/mol. The van der Waals surface area contributed by atoms with Crippen molar-refractivity contribution in [1.29, 1.82) is 0 Å². The molecule has 12 heavy (non-hydrogen) atoms. The largest absolute Gasteiger partial charge is 0.398 e. The Bertz CT molecular complexity index is 429. The fraction of sp³-hybridized carbons (Fsp3) is 0.222. The summed E-state index contributed by atoms with van der Waals surface area (Å²) in [5.41, 5.74) is 9.63. The van der Waals surface area contributed by atoms with E-state index in [9.17, 15) is 0 Å². The summed E-state index contributed by atoms with van der Waals surface area (Å²) in [5, 5.41) is 0. The van der Waals surface area contributed by atoms with Crippen LogP contribution in [0.1, 0.15) is 11.4 Å². The van der Waals surface area contributed by atoms with Gasteiger partial charge in [0, 0.05) is 5.69 Å².